The molecule has 1 aliphatic heterocycles. The molecule has 92 valence electrons. The van der Waals surface area contributed by atoms with Gasteiger partial charge in [0, 0.05) is 18.3 Å². The molecule has 0 fully saturated rings. The molecule has 3 rings (SSSR count). The highest BCUT2D eigenvalue weighted by Crippen LogP contribution is 2.33. The maximum Gasteiger partial charge on any atom is 0.335 e. The van der Waals surface area contributed by atoms with Crippen LogP contribution < -0.4 is 4.74 Å². The van der Waals surface area contributed by atoms with Gasteiger partial charge in [-0.05, 0) is 30.2 Å². The minimum Gasteiger partial charge on any atom is -0.478 e. The summed E-state index contributed by atoms with van der Waals surface area (Å²) in [4.78, 5) is 10.8. The molecule has 0 saturated carbocycles. The molecule has 2 aromatic rings. The number of hydrogen-bond donors (Lipinski definition) is 1. The van der Waals surface area contributed by atoms with Crippen LogP contribution in [0.1, 0.15) is 16.8 Å². The second-order valence-electron chi connectivity index (χ2n) is 4.31. The Labute approximate surface area is 104 Å². The van der Waals surface area contributed by atoms with Crippen LogP contribution in [0.3, 0.4) is 0 Å². The van der Waals surface area contributed by atoms with E-state index in [4.69, 9.17) is 9.84 Å². The number of aromatic nitrogens is 1. The van der Waals surface area contributed by atoms with E-state index in [2.05, 4.69) is 4.57 Å². The van der Waals surface area contributed by atoms with Gasteiger partial charge in [0.1, 0.15) is 0 Å². The number of fused-ring (bicyclic) bond motifs is 1. The average molecular weight is 243 g/mol. The number of carboxylic acids is 1. The summed E-state index contributed by atoms with van der Waals surface area (Å²) in [6, 6.07) is 8.88. The fraction of sp³-hybridized carbons (Fsp3) is 0.214. The molecule has 1 aromatic heterocycles. The molecule has 0 amide bonds. The van der Waals surface area contributed by atoms with Crippen molar-refractivity contribution in [2.45, 2.75) is 13.0 Å². The summed E-state index contributed by atoms with van der Waals surface area (Å²) in [6.45, 7) is 1.72. The Bertz CT molecular complexity index is 584. The van der Waals surface area contributed by atoms with E-state index >= 15 is 0 Å². The monoisotopic (exact) mass is 243 g/mol. The summed E-state index contributed by atoms with van der Waals surface area (Å²) in [5, 5.41) is 8.87. The summed E-state index contributed by atoms with van der Waals surface area (Å²) in [5.41, 5.74) is 2.30. The Morgan fingerprint density at radius 3 is 2.72 bits per heavy atom. The predicted molar refractivity (Wildman–Crippen MR) is 66.9 cm³/mol. The predicted octanol–water partition coefficient (Wildman–Crippen LogP) is 2.64. The normalized spacial score (nSPS) is 13.8. The van der Waals surface area contributed by atoms with Crippen LogP contribution >= 0.6 is 0 Å². The van der Waals surface area contributed by atoms with Gasteiger partial charge < -0.3 is 14.4 Å². The number of aromatic carboxylic acids is 1. The first-order chi connectivity index (χ1) is 8.75. The van der Waals surface area contributed by atoms with Gasteiger partial charge in [0.15, 0.2) is 0 Å². The van der Waals surface area contributed by atoms with Crippen molar-refractivity contribution in [3.63, 3.8) is 0 Å². The Morgan fingerprint density at radius 2 is 2.00 bits per heavy atom. The van der Waals surface area contributed by atoms with Crippen LogP contribution in [0.25, 0.3) is 11.1 Å². The molecule has 0 saturated heterocycles. The molecule has 18 heavy (non-hydrogen) atoms. The maximum atomic E-state index is 10.8. The third kappa shape index (κ3) is 1.76. The van der Waals surface area contributed by atoms with Crippen LogP contribution in [0.5, 0.6) is 5.88 Å². The lowest BCUT2D eigenvalue weighted by Crippen LogP contribution is -2.13. The largest absolute Gasteiger partial charge is 0.478 e. The van der Waals surface area contributed by atoms with E-state index in [1.165, 1.54) is 0 Å². The maximum absolute atomic E-state index is 10.8. The molecular formula is C14H13NO3. The Morgan fingerprint density at radius 1 is 1.22 bits per heavy atom. The van der Waals surface area contributed by atoms with E-state index in [9.17, 15) is 4.79 Å². The molecule has 0 radical (unpaired) electrons. The number of benzene rings is 1. The summed E-state index contributed by atoms with van der Waals surface area (Å²) in [6.07, 6.45) is 3.04. The van der Waals surface area contributed by atoms with Crippen LogP contribution in [0.15, 0.2) is 36.5 Å². The van der Waals surface area contributed by atoms with Crippen LogP contribution in [-0.4, -0.2) is 22.2 Å². The SMILES string of the molecule is O=C(O)c1ccc(-c2ccn3c2OCCC3)cc1. The first-order valence-corrected chi connectivity index (χ1v) is 5.91. The van der Waals surface area contributed by atoms with E-state index in [0.29, 0.717) is 5.56 Å². The molecule has 2 heterocycles. The van der Waals surface area contributed by atoms with Crippen molar-refractivity contribution in [1.82, 2.24) is 4.57 Å². The molecule has 1 aliphatic rings. The standard InChI is InChI=1S/C14H13NO3/c16-14(17)11-4-2-10(3-5-11)12-6-8-15-7-1-9-18-13(12)15/h2-6,8H,1,7,9H2,(H,16,17). The molecular weight excluding hydrogens is 230 g/mol. The quantitative estimate of drug-likeness (QED) is 0.882. The molecule has 4 heteroatoms. The number of rotatable bonds is 2. The van der Waals surface area contributed by atoms with Gasteiger partial charge in [0.05, 0.1) is 12.2 Å². The van der Waals surface area contributed by atoms with E-state index in [1.54, 1.807) is 12.1 Å². The van der Waals surface area contributed by atoms with Gasteiger partial charge in [-0.3, -0.25) is 0 Å². The molecule has 1 aromatic carbocycles. The van der Waals surface area contributed by atoms with Gasteiger partial charge in [-0.1, -0.05) is 12.1 Å². The van der Waals surface area contributed by atoms with E-state index < -0.39 is 5.97 Å². The van der Waals surface area contributed by atoms with Gasteiger partial charge in [0.25, 0.3) is 0 Å². The van der Waals surface area contributed by atoms with Crippen LogP contribution in [-0.2, 0) is 6.54 Å². The third-order valence-corrected chi connectivity index (χ3v) is 3.14. The van der Waals surface area contributed by atoms with E-state index in [1.807, 2.05) is 24.4 Å². The highest BCUT2D eigenvalue weighted by atomic mass is 16.5. The number of aryl methyl sites for hydroxylation is 1. The molecule has 4 nitrogen and oxygen atoms in total. The van der Waals surface area contributed by atoms with E-state index in [-0.39, 0.29) is 0 Å². The zero-order valence-electron chi connectivity index (χ0n) is 9.80. The zero-order valence-corrected chi connectivity index (χ0v) is 9.80. The molecule has 0 unspecified atom stereocenters. The van der Waals surface area contributed by atoms with Gasteiger partial charge in [-0.25, -0.2) is 4.79 Å². The summed E-state index contributed by atoms with van der Waals surface area (Å²) >= 11 is 0. The Balaban J connectivity index is 1.99. The minimum atomic E-state index is -0.906. The molecule has 0 aliphatic carbocycles. The molecule has 0 bridgehead atoms. The summed E-state index contributed by atoms with van der Waals surface area (Å²) < 4.78 is 7.76. The first kappa shape index (κ1) is 10.9. The van der Waals surface area contributed by atoms with Crippen LogP contribution in [0, 0.1) is 0 Å². The lowest BCUT2D eigenvalue weighted by atomic mass is 10.1. The fourth-order valence-corrected chi connectivity index (χ4v) is 2.21. The highest BCUT2D eigenvalue weighted by Gasteiger charge is 2.16. The topological polar surface area (TPSA) is 51.5 Å². The van der Waals surface area contributed by atoms with Crippen molar-refractivity contribution >= 4 is 5.97 Å². The van der Waals surface area contributed by atoms with Crippen LogP contribution in [0.2, 0.25) is 0 Å². The van der Waals surface area contributed by atoms with Gasteiger partial charge in [-0.15, -0.1) is 0 Å². The summed E-state index contributed by atoms with van der Waals surface area (Å²) in [5.74, 6) is -0.0268. The molecule has 1 N–H and O–H groups in total. The van der Waals surface area contributed by atoms with Crippen molar-refractivity contribution in [3.05, 3.63) is 42.1 Å². The summed E-state index contributed by atoms with van der Waals surface area (Å²) in [7, 11) is 0. The van der Waals surface area contributed by atoms with Crippen LogP contribution in [0.4, 0.5) is 0 Å². The van der Waals surface area contributed by atoms with Crippen molar-refractivity contribution in [2.24, 2.45) is 0 Å². The van der Waals surface area contributed by atoms with Crippen molar-refractivity contribution in [2.75, 3.05) is 6.61 Å². The van der Waals surface area contributed by atoms with Gasteiger partial charge >= 0.3 is 5.97 Å². The van der Waals surface area contributed by atoms with Crippen molar-refractivity contribution < 1.29 is 14.6 Å². The number of carboxylic acid groups (broad SMARTS) is 1. The first-order valence-electron chi connectivity index (χ1n) is 5.91. The zero-order chi connectivity index (χ0) is 12.5. The molecule has 0 atom stereocenters. The van der Waals surface area contributed by atoms with E-state index in [0.717, 1.165) is 36.6 Å². The smallest absolute Gasteiger partial charge is 0.335 e. The Kier molecular flexibility index (Phi) is 2.55. The van der Waals surface area contributed by atoms with Gasteiger partial charge in [0.2, 0.25) is 5.88 Å². The second-order valence-corrected chi connectivity index (χ2v) is 4.31. The fourth-order valence-electron chi connectivity index (χ4n) is 2.21. The third-order valence-electron chi connectivity index (χ3n) is 3.14. The van der Waals surface area contributed by atoms with Crippen molar-refractivity contribution in [1.29, 1.82) is 0 Å². The number of ether oxygens (including phenoxy) is 1. The lowest BCUT2D eigenvalue weighted by Gasteiger charge is -2.17. The second kappa shape index (κ2) is 4.22. The number of carbonyl (C=O) groups is 1. The minimum absolute atomic E-state index is 0.299. The average Bonchev–Trinajstić information content (AvgIpc) is 2.82. The number of nitrogens with zero attached hydrogens (tertiary/aromatic N) is 1. The highest BCUT2D eigenvalue weighted by molar-refractivity contribution is 5.88. The Hall–Kier alpha value is -2.23. The number of hydrogen-bond acceptors (Lipinski definition) is 2. The van der Waals surface area contributed by atoms with Crippen molar-refractivity contribution in [3.8, 4) is 17.0 Å². The van der Waals surface area contributed by atoms with Gasteiger partial charge in [-0.2, -0.15) is 0 Å². The molecule has 0 spiro atoms. The lowest BCUT2D eigenvalue weighted by molar-refractivity contribution is 0.0697.